The first kappa shape index (κ1) is 12.8. The van der Waals surface area contributed by atoms with Crippen LogP contribution in [0, 0.1) is 0 Å². The molecule has 5 heteroatoms. The van der Waals surface area contributed by atoms with Crippen molar-refractivity contribution in [2.45, 2.75) is 12.8 Å². The summed E-state index contributed by atoms with van der Waals surface area (Å²) in [6, 6.07) is 0. The first-order chi connectivity index (χ1) is 8.63. The van der Waals surface area contributed by atoms with Crippen molar-refractivity contribution in [2.24, 2.45) is 0 Å². The highest BCUT2D eigenvalue weighted by molar-refractivity contribution is 7.80. The van der Waals surface area contributed by atoms with Crippen LogP contribution in [-0.4, -0.2) is 41.0 Å². The standard InChI is InChI=1S/C13H16N2O2S/c1-3-8-15-12(16)11(17-13(15)18)7-6-10-5-4-9-14(10)2/h3,6-7H,1,4-5,8-9H2,2H3/b10-6+,11-7+. The van der Waals surface area contributed by atoms with Gasteiger partial charge in [-0.3, -0.25) is 9.69 Å². The third-order valence-corrected chi connectivity index (χ3v) is 3.33. The number of hydrogen-bond donors (Lipinski definition) is 0. The van der Waals surface area contributed by atoms with E-state index in [1.165, 1.54) is 10.6 Å². The molecule has 0 spiro atoms. The zero-order valence-electron chi connectivity index (χ0n) is 10.4. The highest BCUT2D eigenvalue weighted by Gasteiger charge is 2.32. The number of carbonyl (C=O) groups excluding carboxylic acids is 1. The third-order valence-electron chi connectivity index (χ3n) is 3.03. The van der Waals surface area contributed by atoms with Crippen LogP contribution >= 0.6 is 12.2 Å². The van der Waals surface area contributed by atoms with Gasteiger partial charge in [0.05, 0.1) is 0 Å². The normalized spacial score (nSPS) is 24.3. The van der Waals surface area contributed by atoms with Crippen molar-refractivity contribution in [3.63, 3.8) is 0 Å². The summed E-state index contributed by atoms with van der Waals surface area (Å²) in [4.78, 5) is 15.5. The highest BCUT2D eigenvalue weighted by Crippen LogP contribution is 2.21. The maximum Gasteiger partial charge on any atom is 0.297 e. The molecule has 0 saturated carbocycles. The number of rotatable bonds is 3. The van der Waals surface area contributed by atoms with E-state index in [4.69, 9.17) is 17.0 Å². The molecule has 2 saturated heterocycles. The van der Waals surface area contributed by atoms with Gasteiger partial charge in [-0.15, -0.1) is 6.58 Å². The second-order valence-corrected chi connectivity index (χ2v) is 4.64. The van der Waals surface area contributed by atoms with Gasteiger partial charge in [0.15, 0.2) is 5.76 Å². The smallest absolute Gasteiger partial charge is 0.297 e. The Kier molecular flexibility index (Phi) is 3.81. The summed E-state index contributed by atoms with van der Waals surface area (Å²) in [5.74, 6) is 0.0899. The van der Waals surface area contributed by atoms with Crippen LogP contribution in [0.1, 0.15) is 12.8 Å². The number of likely N-dealkylation sites (tertiary alicyclic amines) is 1. The SMILES string of the molecule is C=CCN1C(=O)/C(=C\C=C2/CCCN2C)OC1=S. The lowest BCUT2D eigenvalue weighted by Gasteiger charge is -2.11. The zero-order chi connectivity index (χ0) is 13.1. The average Bonchev–Trinajstić information content (AvgIpc) is 2.86. The maximum absolute atomic E-state index is 11.9. The van der Waals surface area contributed by atoms with E-state index in [2.05, 4.69) is 11.5 Å². The van der Waals surface area contributed by atoms with Gasteiger partial charge in [-0.05, 0) is 37.2 Å². The van der Waals surface area contributed by atoms with Crippen molar-refractivity contribution in [1.82, 2.24) is 9.80 Å². The molecule has 18 heavy (non-hydrogen) atoms. The fraction of sp³-hybridized carbons (Fsp3) is 0.385. The lowest BCUT2D eigenvalue weighted by atomic mass is 10.3. The molecule has 0 atom stereocenters. The van der Waals surface area contributed by atoms with Crippen LogP contribution in [0.15, 0.2) is 36.3 Å². The molecule has 0 radical (unpaired) electrons. The average molecular weight is 264 g/mol. The molecule has 2 aliphatic heterocycles. The molecule has 0 unspecified atom stereocenters. The number of hydrogen-bond acceptors (Lipinski definition) is 4. The van der Waals surface area contributed by atoms with Gasteiger partial charge in [-0.2, -0.15) is 0 Å². The van der Waals surface area contributed by atoms with E-state index in [1.807, 2.05) is 13.1 Å². The van der Waals surface area contributed by atoms with E-state index < -0.39 is 0 Å². The number of carbonyl (C=O) groups is 1. The molecule has 0 N–H and O–H groups in total. The predicted octanol–water partition coefficient (Wildman–Crippen LogP) is 1.81. The van der Waals surface area contributed by atoms with Gasteiger partial charge in [0.25, 0.3) is 11.1 Å². The molecule has 4 nitrogen and oxygen atoms in total. The van der Waals surface area contributed by atoms with E-state index >= 15 is 0 Å². The first-order valence-corrected chi connectivity index (χ1v) is 6.31. The minimum atomic E-state index is -0.197. The topological polar surface area (TPSA) is 32.8 Å². The molecule has 0 bridgehead atoms. The Morgan fingerprint density at radius 1 is 1.50 bits per heavy atom. The van der Waals surface area contributed by atoms with Crippen molar-refractivity contribution < 1.29 is 9.53 Å². The molecule has 0 aliphatic carbocycles. The molecule has 2 fully saturated rings. The molecule has 0 aromatic carbocycles. The molecule has 2 aliphatic rings. The molecule has 2 heterocycles. The van der Waals surface area contributed by atoms with Gasteiger partial charge in [0.2, 0.25) is 0 Å². The number of thiocarbonyl (C=S) groups is 1. The van der Waals surface area contributed by atoms with E-state index in [-0.39, 0.29) is 16.8 Å². The predicted molar refractivity (Wildman–Crippen MR) is 73.6 cm³/mol. The summed E-state index contributed by atoms with van der Waals surface area (Å²) < 4.78 is 5.29. The van der Waals surface area contributed by atoms with Crippen molar-refractivity contribution in [3.05, 3.63) is 36.3 Å². The van der Waals surface area contributed by atoms with Crippen LogP contribution in [0.25, 0.3) is 0 Å². The Labute approximate surface area is 112 Å². The summed E-state index contributed by atoms with van der Waals surface area (Å²) >= 11 is 5.00. The van der Waals surface area contributed by atoms with E-state index in [0.717, 1.165) is 19.4 Å². The van der Waals surface area contributed by atoms with Crippen molar-refractivity contribution in [2.75, 3.05) is 20.1 Å². The Morgan fingerprint density at radius 2 is 2.28 bits per heavy atom. The molecule has 0 aromatic rings. The summed E-state index contributed by atoms with van der Waals surface area (Å²) in [5.41, 5.74) is 1.21. The van der Waals surface area contributed by atoms with Gasteiger partial charge < -0.3 is 9.64 Å². The molecular formula is C13H16N2O2S. The quantitative estimate of drug-likeness (QED) is 0.442. The van der Waals surface area contributed by atoms with Gasteiger partial charge in [-0.25, -0.2) is 0 Å². The van der Waals surface area contributed by atoms with Crippen LogP contribution in [0.4, 0.5) is 0 Å². The van der Waals surface area contributed by atoms with Crippen LogP contribution < -0.4 is 0 Å². The second kappa shape index (κ2) is 5.35. The van der Waals surface area contributed by atoms with Gasteiger partial charge in [0.1, 0.15) is 0 Å². The van der Waals surface area contributed by atoms with Crippen molar-refractivity contribution in [1.29, 1.82) is 0 Å². The van der Waals surface area contributed by atoms with Crippen molar-refractivity contribution >= 4 is 23.3 Å². The largest absolute Gasteiger partial charge is 0.426 e. The number of nitrogens with zero attached hydrogens (tertiary/aromatic N) is 2. The Balaban J connectivity index is 2.13. The summed E-state index contributed by atoms with van der Waals surface area (Å²) in [6.45, 7) is 5.03. The van der Waals surface area contributed by atoms with E-state index in [0.29, 0.717) is 6.54 Å². The van der Waals surface area contributed by atoms with Crippen LogP contribution in [0.5, 0.6) is 0 Å². The summed E-state index contributed by atoms with van der Waals surface area (Å²) in [7, 11) is 2.04. The Morgan fingerprint density at radius 3 is 2.89 bits per heavy atom. The minimum Gasteiger partial charge on any atom is -0.426 e. The van der Waals surface area contributed by atoms with E-state index in [1.54, 1.807) is 12.2 Å². The molecule has 96 valence electrons. The number of amides is 1. The number of ether oxygens (including phenoxy) is 1. The van der Waals surface area contributed by atoms with E-state index in [9.17, 15) is 4.79 Å². The summed E-state index contributed by atoms with van der Waals surface area (Å²) in [5, 5.41) is 0.198. The Bertz CT molecular complexity index is 454. The fourth-order valence-electron chi connectivity index (χ4n) is 2.01. The minimum absolute atomic E-state index is 0.197. The van der Waals surface area contributed by atoms with Crippen LogP contribution in [0.3, 0.4) is 0 Å². The molecule has 0 aromatic heterocycles. The van der Waals surface area contributed by atoms with Crippen LogP contribution in [-0.2, 0) is 9.53 Å². The Hall–Kier alpha value is -1.62. The highest BCUT2D eigenvalue weighted by atomic mass is 32.1. The van der Waals surface area contributed by atoms with Gasteiger partial charge in [0, 0.05) is 25.8 Å². The molecule has 2 rings (SSSR count). The fourth-order valence-corrected chi connectivity index (χ4v) is 2.26. The van der Waals surface area contributed by atoms with Crippen molar-refractivity contribution in [3.8, 4) is 0 Å². The monoisotopic (exact) mass is 264 g/mol. The second-order valence-electron chi connectivity index (χ2n) is 4.29. The maximum atomic E-state index is 11.9. The lowest BCUT2D eigenvalue weighted by Crippen LogP contribution is -2.28. The van der Waals surface area contributed by atoms with Gasteiger partial charge >= 0.3 is 0 Å². The molecule has 1 amide bonds. The summed E-state index contributed by atoms with van der Waals surface area (Å²) in [6.07, 6.45) is 7.45. The molecular weight excluding hydrogens is 248 g/mol. The zero-order valence-corrected chi connectivity index (χ0v) is 11.2. The first-order valence-electron chi connectivity index (χ1n) is 5.90. The van der Waals surface area contributed by atoms with Crippen LogP contribution in [0.2, 0.25) is 0 Å². The van der Waals surface area contributed by atoms with Gasteiger partial charge in [-0.1, -0.05) is 6.08 Å². The number of allylic oxidation sites excluding steroid dienone is 3. The third kappa shape index (κ3) is 2.46. The lowest BCUT2D eigenvalue weighted by molar-refractivity contribution is -0.122.